The predicted octanol–water partition coefficient (Wildman–Crippen LogP) is 2.44. The van der Waals surface area contributed by atoms with Crippen molar-refractivity contribution in [3.8, 4) is 17.2 Å². The van der Waals surface area contributed by atoms with Crippen molar-refractivity contribution in [3.05, 3.63) is 53.8 Å². The number of aliphatic carboxylic acids is 2. The number of carboxylic acid groups (broad SMARTS) is 2. The first-order chi connectivity index (χ1) is 13.4. The third kappa shape index (κ3) is 5.85. The number of carboxylic acids is 2. The van der Waals surface area contributed by atoms with Gasteiger partial charge in [-0.1, -0.05) is 18.2 Å². The molecule has 0 saturated carbocycles. The number of hydrogen-bond donors (Lipinski definition) is 3. The lowest BCUT2D eigenvalue weighted by Gasteiger charge is -2.20. The fraction of sp³-hybridized carbons (Fsp3) is 0.263. The first kappa shape index (κ1) is 21.0. The summed E-state index contributed by atoms with van der Waals surface area (Å²) in [5, 5.41) is 17.9. The van der Waals surface area contributed by atoms with Crippen LogP contribution in [0.15, 0.2) is 42.5 Å². The molecule has 2 aromatic carbocycles. The van der Waals surface area contributed by atoms with Gasteiger partial charge >= 0.3 is 11.9 Å². The number of rotatable bonds is 6. The van der Waals surface area contributed by atoms with Crippen molar-refractivity contribution in [1.82, 2.24) is 5.32 Å². The second-order valence-electron chi connectivity index (χ2n) is 5.65. The molecule has 1 aliphatic heterocycles. The summed E-state index contributed by atoms with van der Waals surface area (Å²) in [6.07, 6.45) is 0.448. The highest BCUT2D eigenvalue weighted by Crippen LogP contribution is 2.42. The van der Waals surface area contributed by atoms with Crippen molar-refractivity contribution >= 4 is 11.9 Å². The van der Waals surface area contributed by atoms with Gasteiger partial charge in [-0.05, 0) is 43.4 Å². The van der Waals surface area contributed by atoms with Gasteiger partial charge in [0.15, 0.2) is 11.5 Å². The molecule has 3 rings (SSSR count). The number of carbonyl (C=O) groups is 2. The fourth-order valence-electron chi connectivity index (χ4n) is 2.43. The summed E-state index contributed by atoms with van der Waals surface area (Å²) < 4.78 is 30.4. The first-order valence-corrected chi connectivity index (χ1v) is 8.34. The van der Waals surface area contributed by atoms with Crippen LogP contribution in [0.25, 0.3) is 0 Å². The summed E-state index contributed by atoms with van der Waals surface area (Å²) >= 11 is 0. The molecule has 1 aliphatic rings. The molecular formula is C19H20FNO7. The highest BCUT2D eigenvalue weighted by Gasteiger charge is 2.22. The van der Waals surface area contributed by atoms with Crippen LogP contribution in [0.2, 0.25) is 0 Å². The van der Waals surface area contributed by atoms with Gasteiger partial charge in [-0.3, -0.25) is 0 Å². The molecule has 0 saturated heterocycles. The van der Waals surface area contributed by atoms with E-state index in [-0.39, 0.29) is 18.7 Å². The molecular weight excluding hydrogens is 373 g/mol. The van der Waals surface area contributed by atoms with Gasteiger partial charge in [0.2, 0.25) is 12.5 Å². The van der Waals surface area contributed by atoms with Crippen LogP contribution in [-0.2, 0) is 9.59 Å². The summed E-state index contributed by atoms with van der Waals surface area (Å²) in [6, 6.07) is 12.0. The third-order valence-corrected chi connectivity index (χ3v) is 3.69. The number of para-hydroxylation sites is 1. The lowest BCUT2D eigenvalue weighted by Crippen LogP contribution is -2.16. The van der Waals surface area contributed by atoms with Gasteiger partial charge in [0.05, 0.1) is 0 Å². The molecule has 0 aliphatic carbocycles. The largest absolute Gasteiger partial charge is 0.482 e. The average molecular weight is 393 g/mol. The molecule has 150 valence electrons. The summed E-state index contributed by atoms with van der Waals surface area (Å²) in [4.78, 5) is 18.2. The van der Waals surface area contributed by atoms with E-state index in [2.05, 4.69) is 5.32 Å². The summed E-state index contributed by atoms with van der Waals surface area (Å²) in [6.45, 7) is 0.949. The Bertz CT molecular complexity index is 816. The highest BCUT2D eigenvalue weighted by atomic mass is 19.1. The van der Waals surface area contributed by atoms with E-state index in [9.17, 15) is 4.39 Å². The molecule has 2 aromatic rings. The van der Waals surface area contributed by atoms with Crippen LogP contribution in [0.4, 0.5) is 4.39 Å². The molecule has 0 bridgehead atoms. The molecule has 1 atom stereocenters. The minimum atomic E-state index is -1.82. The Balaban J connectivity index is 0.000000409. The number of benzene rings is 2. The number of hydrogen-bond acceptors (Lipinski definition) is 6. The number of halogens is 1. The Labute approximate surface area is 160 Å². The van der Waals surface area contributed by atoms with Crippen molar-refractivity contribution in [2.45, 2.75) is 12.5 Å². The molecule has 3 N–H and O–H groups in total. The van der Waals surface area contributed by atoms with Crippen molar-refractivity contribution in [1.29, 1.82) is 0 Å². The van der Waals surface area contributed by atoms with Gasteiger partial charge in [-0.25, -0.2) is 14.0 Å². The normalized spacial score (nSPS) is 12.5. The van der Waals surface area contributed by atoms with E-state index in [1.54, 1.807) is 6.07 Å². The Morgan fingerprint density at radius 1 is 1.18 bits per heavy atom. The molecule has 1 heterocycles. The van der Waals surface area contributed by atoms with Gasteiger partial charge in [0.1, 0.15) is 11.9 Å². The first-order valence-electron chi connectivity index (χ1n) is 8.34. The minimum Gasteiger partial charge on any atom is -0.482 e. The summed E-state index contributed by atoms with van der Waals surface area (Å²) in [7, 11) is 1.87. The van der Waals surface area contributed by atoms with Gasteiger partial charge < -0.3 is 29.7 Å². The maximum atomic E-state index is 13.5. The SMILES string of the molecule is CNCCC(Oc1cccc2c1OCO2)c1cccc(F)c1.O=C(O)C(=O)O. The second kappa shape index (κ2) is 10.1. The van der Waals surface area contributed by atoms with E-state index < -0.39 is 11.9 Å². The van der Waals surface area contributed by atoms with Crippen LogP contribution in [0, 0.1) is 5.82 Å². The molecule has 9 heteroatoms. The Morgan fingerprint density at radius 2 is 1.89 bits per heavy atom. The lowest BCUT2D eigenvalue weighted by atomic mass is 10.1. The van der Waals surface area contributed by atoms with E-state index >= 15 is 0 Å². The van der Waals surface area contributed by atoms with Crippen LogP contribution < -0.4 is 19.5 Å². The molecule has 0 aromatic heterocycles. The minimum absolute atomic E-state index is 0.191. The molecule has 0 spiro atoms. The van der Waals surface area contributed by atoms with E-state index in [1.807, 2.05) is 31.3 Å². The highest BCUT2D eigenvalue weighted by molar-refractivity contribution is 6.27. The van der Waals surface area contributed by atoms with Crippen molar-refractivity contribution < 1.29 is 38.4 Å². The Kier molecular flexibility index (Phi) is 7.58. The predicted molar refractivity (Wildman–Crippen MR) is 96.1 cm³/mol. The van der Waals surface area contributed by atoms with Crippen LogP contribution in [0.3, 0.4) is 0 Å². The van der Waals surface area contributed by atoms with E-state index in [1.165, 1.54) is 12.1 Å². The molecule has 0 fully saturated rings. The average Bonchev–Trinajstić information content (AvgIpc) is 3.15. The summed E-state index contributed by atoms with van der Waals surface area (Å²) in [5.41, 5.74) is 0.798. The number of fused-ring (bicyclic) bond motifs is 1. The fourth-order valence-corrected chi connectivity index (χ4v) is 2.43. The zero-order chi connectivity index (χ0) is 20.5. The smallest absolute Gasteiger partial charge is 0.414 e. The van der Waals surface area contributed by atoms with Gasteiger partial charge in [0.25, 0.3) is 0 Å². The van der Waals surface area contributed by atoms with Crippen molar-refractivity contribution in [3.63, 3.8) is 0 Å². The van der Waals surface area contributed by atoms with E-state index in [0.29, 0.717) is 23.7 Å². The molecule has 0 amide bonds. The van der Waals surface area contributed by atoms with E-state index in [0.717, 1.165) is 12.1 Å². The topological polar surface area (TPSA) is 114 Å². The van der Waals surface area contributed by atoms with Gasteiger partial charge in [-0.2, -0.15) is 0 Å². The molecule has 8 nitrogen and oxygen atoms in total. The van der Waals surface area contributed by atoms with Gasteiger partial charge in [0, 0.05) is 6.42 Å². The zero-order valence-corrected chi connectivity index (χ0v) is 15.1. The lowest BCUT2D eigenvalue weighted by molar-refractivity contribution is -0.159. The van der Waals surface area contributed by atoms with E-state index in [4.69, 9.17) is 34.0 Å². The van der Waals surface area contributed by atoms with Gasteiger partial charge in [-0.15, -0.1) is 0 Å². The zero-order valence-electron chi connectivity index (χ0n) is 15.1. The second-order valence-corrected chi connectivity index (χ2v) is 5.65. The molecule has 28 heavy (non-hydrogen) atoms. The van der Waals surface area contributed by atoms with Crippen LogP contribution in [0.1, 0.15) is 18.1 Å². The Hall–Kier alpha value is -3.33. The standard InChI is InChI=1S/C17H18FNO3.C2H2O4/c1-19-9-8-14(12-4-2-5-13(18)10-12)22-16-7-3-6-15-17(16)21-11-20-15;3-1(4)2(5)6/h2-7,10,14,19H,8-9,11H2,1H3;(H,3,4)(H,5,6). The van der Waals surface area contributed by atoms with Crippen LogP contribution in [-0.4, -0.2) is 42.5 Å². The van der Waals surface area contributed by atoms with Crippen molar-refractivity contribution in [2.24, 2.45) is 0 Å². The summed E-state index contributed by atoms with van der Waals surface area (Å²) in [5.74, 6) is -2.03. The quantitative estimate of drug-likeness (QED) is 0.641. The Morgan fingerprint density at radius 3 is 2.54 bits per heavy atom. The van der Waals surface area contributed by atoms with Crippen LogP contribution >= 0.6 is 0 Å². The number of nitrogens with one attached hydrogen (secondary N) is 1. The molecule has 0 radical (unpaired) electrons. The monoisotopic (exact) mass is 393 g/mol. The van der Waals surface area contributed by atoms with Crippen molar-refractivity contribution in [2.75, 3.05) is 20.4 Å². The maximum Gasteiger partial charge on any atom is 0.414 e. The van der Waals surface area contributed by atoms with Crippen LogP contribution in [0.5, 0.6) is 17.2 Å². The molecule has 1 unspecified atom stereocenters. The number of ether oxygens (including phenoxy) is 3. The maximum absolute atomic E-state index is 13.5. The third-order valence-electron chi connectivity index (χ3n) is 3.69.